The SMILES string of the molecule is Cc1ccc(C[C@@H](OC(C)C)C(=O)O)cc1Cl. The summed E-state index contributed by atoms with van der Waals surface area (Å²) in [5.41, 5.74) is 1.85. The lowest BCUT2D eigenvalue weighted by Crippen LogP contribution is -2.29. The molecule has 17 heavy (non-hydrogen) atoms. The van der Waals surface area contributed by atoms with Crippen molar-refractivity contribution in [2.75, 3.05) is 0 Å². The van der Waals surface area contributed by atoms with Crippen molar-refractivity contribution in [3.63, 3.8) is 0 Å². The van der Waals surface area contributed by atoms with Gasteiger partial charge in [-0.1, -0.05) is 23.7 Å². The zero-order valence-corrected chi connectivity index (χ0v) is 11.0. The minimum absolute atomic E-state index is 0.114. The van der Waals surface area contributed by atoms with E-state index >= 15 is 0 Å². The van der Waals surface area contributed by atoms with E-state index in [1.54, 1.807) is 6.07 Å². The van der Waals surface area contributed by atoms with Crippen molar-refractivity contribution >= 4 is 17.6 Å². The molecule has 1 aromatic rings. The molecule has 0 heterocycles. The number of benzene rings is 1. The lowest BCUT2D eigenvalue weighted by Gasteiger charge is -2.16. The highest BCUT2D eigenvalue weighted by Gasteiger charge is 2.20. The maximum Gasteiger partial charge on any atom is 0.333 e. The molecule has 0 radical (unpaired) electrons. The fraction of sp³-hybridized carbons (Fsp3) is 0.462. The molecule has 0 fully saturated rings. The molecule has 0 spiro atoms. The smallest absolute Gasteiger partial charge is 0.333 e. The van der Waals surface area contributed by atoms with Gasteiger partial charge in [0.2, 0.25) is 0 Å². The lowest BCUT2D eigenvalue weighted by atomic mass is 10.1. The highest BCUT2D eigenvalue weighted by atomic mass is 35.5. The van der Waals surface area contributed by atoms with Crippen LogP contribution in [0.5, 0.6) is 0 Å². The Morgan fingerprint density at radius 2 is 2.12 bits per heavy atom. The predicted octanol–water partition coefficient (Wildman–Crippen LogP) is 3.07. The van der Waals surface area contributed by atoms with Gasteiger partial charge in [0.15, 0.2) is 6.10 Å². The second kappa shape index (κ2) is 6.03. The van der Waals surface area contributed by atoms with Gasteiger partial charge in [-0.25, -0.2) is 4.79 Å². The second-order valence-corrected chi connectivity index (χ2v) is 4.71. The highest BCUT2D eigenvalue weighted by Crippen LogP contribution is 2.18. The Morgan fingerprint density at radius 1 is 1.47 bits per heavy atom. The largest absolute Gasteiger partial charge is 0.479 e. The topological polar surface area (TPSA) is 46.5 Å². The molecule has 0 aromatic heterocycles. The molecule has 0 unspecified atom stereocenters. The van der Waals surface area contributed by atoms with Crippen molar-refractivity contribution in [2.45, 2.75) is 39.4 Å². The minimum atomic E-state index is -0.949. The van der Waals surface area contributed by atoms with Gasteiger partial charge in [0.05, 0.1) is 6.10 Å². The molecule has 0 saturated heterocycles. The third kappa shape index (κ3) is 4.36. The molecule has 1 aromatic carbocycles. The third-order valence-corrected chi connectivity index (χ3v) is 2.78. The van der Waals surface area contributed by atoms with Crippen molar-refractivity contribution in [3.8, 4) is 0 Å². The van der Waals surface area contributed by atoms with Crippen LogP contribution in [0.15, 0.2) is 18.2 Å². The molecule has 1 N–H and O–H groups in total. The monoisotopic (exact) mass is 256 g/mol. The van der Waals surface area contributed by atoms with E-state index in [4.69, 9.17) is 21.4 Å². The summed E-state index contributed by atoms with van der Waals surface area (Å²) in [4.78, 5) is 11.0. The van der Waals surface area contributed by atoms with E-state index in [-0.39, 0.29) is 6.10 Å². The van der Waals surface area contributed by atoms with Crippen LogP contribution in [-0.4, -0.2) is 23.3 Å². The number of halogens is 1. The van der Waals surface area contributed by atoms with E-state index < -0.39 is 12.1 Å². The summed E-state index contributed by atoms with van der Waals surface area (Å²) in [6.07, 6.45) is -0.612. The standard InChI is InChI=1S/C13H17ClO3/c1-8(2)17-12(13(15)16)7-10-5-4-9(3)11(14)6-10/h4-6,8,12H,7H2,1-3H3,(H,15,16)/t12-/m1/s1. The number of aliphatic carboxylic acids is 1. The number of hydrogen-bond acceptors (Lipinski definition) is 2. The van der Waals surface area contributed by atoms with Gasteiger partial charge in [-0.05, 0) is 38.0 Å². The van der Waals surface area contributed by atoms with Crippen LogP contribution in [0, 0.1) is 6.92 Å². The first kappa shape index (κ1) is 14.0. The summed E-state index contributed by atoms with van der Waals surface area (Å²) in [7, 11) is 0. The maximum atomic E-state index is 11.0. The zero-order valence-electron chi connectivity index (χ0n) is 10.2. The Morgan fingerprint density at radius 3 is 2.59 bits per heavy atom. The molecule has 0 saturated carbocycles. The van der Waals surface area contributed by atoms with Crippen LogP contribution in [0.1, 0.15) is 25.0 Å². The number of carbonyl (C=O) groups is 1. The molecule has 0 aliphatic rings. The van der Waals surface area contributed by atoms with Crippen LogP contribution < -0.4 is 0 Å². The molecule has 1 rings (SSSR count). The number of aryl methyl sites for hydroxylation is 1. The quantitative estimate of drug-likeness (QED) is 0.881. The number of carboxylic acid groups (broad SMARTS) is 1. The first-order valence-corrected chi connectivity index (χ1v) is 5.91. The first-order chi connectivity index (χ1) is 7.90. The van der Waals surface area contributed by atoms with Gasteiger partial charge in [0.1, 0.15) is 0 Å². The van der Waals surface area contributed by atoms with E-state index in [9.17, 15) is 4.79 Å². The lowest BCUT2D eigenvalue weighted by molar-refractivity contribution is -0.153. The van der Waals surface area contributed by atoms with Crippen molar-refractivity contribution in [1.82, 2.24) is 0 Å². The molecule has 1 atom stereocenters. The van der Waals surface area contributed by atoms with E-state index in [1.807, 2.05) is 32.9 Å². The Bertz CT molecular complexity index is 402. The van der Waals surface area contributed by atoms with Gasteiger partial charge in [0, 0.05) is 11.4 Å². The molecule has 3 nitrogen and oxygen atoms in total. The van der Waals surface area contributed by atoms with E-state index in [2.05, 4.69) is 0 Å². The average molecular weight is 257 g/mol. The summed E-state index contributed by atoms with van der Waals surface area (Å²) < 4.78 is 5.34. The van der Waals surface area contributed by atoms with Crippen molar-refractivity contribution < 1.29 is 14.6 Å². The van der Waals surface area contributed by atoms with Crippen LogP contribution in [0.4, 0.5) is 0 Å². The second-order valence-electron chi connectivity index (χ2n) is 4.30. The highest BCUT2D eigenvalue weighted by molar-refractivity contribution is 6.31. The molecule has 0 amide bonds. The minimum Gasteiger partial charge on any atom is -0.479 e. The number of rotatable bonds is 5. The fourth-order valence-corrected chi connectivity index (χ4v) is 1.70. The van der Waals surface area contributed by atoms with E-state index in [0.29, 0.717) is 11.4 Å². The van der Waals surface area contributed by atoms with Crippen molar-refractivity contribution in [3.05, 3.63) is 34.3 Å². The average Bonchev–Trinajstić information content (AvgIpc) is 2.21. The van der Waals surface area contributed by atoms with Crippen LogP contribution in [-0.2, 0) is 16.0 Å². The molecule has 4 heteroatoms. The Hall–Kier alpha value is -1.06. The Labute approximate surface area is 106 Å². The summed E-state index contributed by atoms with van der Waals surface area (Å²) >= 11 is 5.99. The van der Waals surface area contributed by atoms with Crippen molar-refractivity contribution in [1.29, 1.82) is 0 Å². The van der Waals surface area contributed by atoms with Gasteiger partial charge in [-0.2, -0.15) is 0 Å². The van der Waals surface area contributed by atoms with Gasteiger partial charge < -0.3 is 9.84 Å². The number of hydrogen-bond donors (Lipinski definition) is 1. The molecule has 0 aliphatic carbocycles. The van der Waals surface area contributed by atoms with E-state index in [0.717, 1.165) is 11.1 Å². The normalized spacial score (nSPS) is 12.8. The number of carboxylic acids is 1. The summed E-state index contributed by atoms with van der Waals surface area (Å²) in [6.45, 7) is 5.54. The molecular weight excluding hydrogens is 240 g/mol. The maximum absolute atomic E-state index is 11.0. The van der Waals surface area contributed by atoms with Crippen LogP contribution in [0.2, 0.25) is 5.02 Å². The molecule has 94 valence electrons. The van der Waals surface area contributed by atoms with Crippen molar-refractivity contribution in [2.24, 2.45) is 0 Å². The van der Waals surface area contributed by atoms with Crippen LogP contribution in [0.3, 0.4) is 0 Å². The zero-order chi connectivity index (χ0) is 13.0. The fourth-order valence-electron chi connectivity index (χ4n) is 1.50. The van der Waals surface area contributed by atoms with Crippen LogP contribution in [0.25, 0.3) is 0 Å². The van der Waals surface area contributed by atoms with Gasteiger partial charge in [0.25, 0.3) is 0 Å². The third-order valence-electron chi connectivity index (χ3n) is 2.37. The first-order valence-electron chi connectivity index (χ1n) is 5.53. The molecule has 0 aliphatic heterocycles. The van der Waals surface area contributed by atoms with Gasteiger partial charge >= 0.3 is 5.97 Å². The summed E-state index contributed by atoms with van der Waals surface area (Å²) in [6, 6.07) is 5.54. The molecular formula is C13H17ClO3. The van der Waals surface area contributed by atoms with Crippen LogP contribution >= 0.6 is 11.6 Å². The van der Waals surface area contributed by atoms with Gasteiger partial charge in [-0.3, -0.25) is 0 Å². The molecule has 0 bridgehead atoms. The Kier molecular flexibility index (Phi) is 4.97. The number of ether oxygens (including phenoxy) is 1. The van der Waals surface area contributed by atoms with E-state index in [1.165, 1.54) is 0 Å². The van der Waals surface area contributed by atoms with Gasteiger partial charge in [-0.15, -0.1) is 0 Å². The summed E-state index contributed by atoms with van der Waals surface area (Å²) in [5.74, 6) is -0.949. The summed E-state index contributed by atoms with van der Waals surface area (Å²) in [5, 5.41) is 9.70. The Balaban J connectivity index is 2.78. The predicted molar refractivity (Wildman–Crippen MR) is 67.5 cm³/mol.